The summed E-state index contributed by atoms with van der Waals surface area (Å²) >= 11 is 7.68. The highest BCUT2D eigenvalue weighted by Crippen LogP contribution is 2.26. The fraction of sp³-hybridized carbons (Fsp3) is 0.500. The Balaban J connectivity index is 2.45. The molecule has 1 atom stereocenters. The monoisotopic (exact) mass is 259 g/mol. The second kappa shape index (κ2) is 7.05. The Hall–Kier alpha value is -0.380. The Kier molecular flexibility index (Phi) is 6.03. The van der Waals surface area contributed by atoms with Crippen LogP contribution in [0.25, 0.3) is 0 Å². The number of hydrogen-bond acceptors (Lipinski definition) is 3. The molecule has 0 aliphatic rings. The fourth-order valence-corrected chi connectivity index (χ4v) is 2.17. The summed E-state index contributed by atoms with van der Waals surface area (Å²) < 4.78 is 0. The quantitative estimate of drug-likeness (QED) is 0.822. The molecule has 1 aromatic rings. The molecule has 16 heavy (non-hydrogen) atoms. The van der Waals surface area contributed by atoms with Crippen molar-refractivity contribution in [1.82, 2.24) is 5.32 Å². The van der Waals surface area contributed by atoms with Crippen LogP contribution >= 0.6 is 23.4 Å². The number of hydrogen-bond donors (Lipinski definition) is 2. The molecule has 0 aromatic heterocycles. The molecule has 0 saturated carbocycles. The predicted molar refractivity (Wildman–Crippen MR) is 72.4 cm³/mol. The Morgan fingerprint density at radius 2 is 2.25 bits per heavy atom. The summed E-state index contributed by atoms with van der Waals surface area (Å²) in [6, 6.07) is 5.88. The van der Waals surface area contributed by atoms with E-state index in [4.69, 9.17) is 11.6 Å². The number of benzene rings is 1. The summed E-state index contributed by atoms with van der Waals surface area (Å²) in [5.74, 6) is 1.34. The average molecular weight is 260 g/mol. The van der Waals surface area contributed by atoms with Gasteiger partial charge in [0.2, 0.25) is 0 Å². The first-order valence-corrected chi connectivity index (χ1v) is 7.11. The van der Waals surface area contributed by atoms with Gasteiger partial charge in [-0.25, -0.2) is 0 Å². The highest BCUT2D eigenvalue weighted by molar-refractivity contribution is 7.98. The molecular formula is C12H18ClNOS. The molecule has 1 unspecified atom stereocenters. The van der Waals surface area contributed by atoms with E-state index in [1.807, 2.05) is 23.9 Å². The van der Waals surface area contributed by atoms with Crippen LogP contribution in [0.2, 0.25) is 5.02 Å². The van der Waals surface area contributed by atoms with E-state index in [-0.39, 0.29) is 5.75 Å². The van der Waals surface area contributed by atoms with Crippen LogP contribution in [-0.4, -0.2) is 23.2 Å². The third kappa shape index (κ3) is 4.24. The highest BCUT2D eigenvalue weighted by atomic mass is 35.5. The van der Waals surface area contributed by atoms with E-state index < -0.39 is 0 Å². The van der Waals surface area contributed by atoms with Gasteiger partial charge in [-0.05, 0) is 31.4 Å². The number of rotatable bonds is 6. The van der Waals surface area contributed by atoms with Crippen molar-refractivity contribution in [3.8, 4) is 5.75 Å². The summed E-state index contributed by atoms with van der Waals surface area (Å²) in [5, 5.41) is 13.5. The molecule has 0 bridgehead atoms. The number of aromatic hydroxyl groups is 1. The van der Waals surface area contributed by atoms with Gasteiger partial charge in [0.25, 0.3) is 0 Å². The Morgan fingerprint density at radius 3 is 2.94 bits per heavy atom. The Bertz CT molecular complexity index is 333. The van der Waals surface area contributed by atoms with Crippen molar-refractivity contribution >= 4 is 23.4 Å². The molecule has 4 heteroatoms. The maximum absolute atomic E-state index is 9.71. The van der Waals surface area contributed by atoms with Gasteiger partial charge in [0.1, 0.15) is 5.75 Å². The number of nitrogens with one attached hydrogen (secondary N) is 1. The van der Waals surface area contributed by atoms with Gasteiger partial charge in [-0.1, -0.05) is 23.7 Å². The molecule has 0 amide bonds. The third-order valence-corrected chi connectivity index (χ3v) is 3.42. The number of phenols is 1. The molecule has 1 rings (SSSR count). The standard InChI is InChI=1S/C12H18ClNOS/c1-9(6-7-16-2)14-8-10-4-3-5-11(13)12(10)15/h3-5,9,14-15H,6-8H2,1-2H3. The van der Waals surface area contributed by atoms with Gasteiger partial charge in [-0.3, -0.25) is 0 Å². The van der Waals surface area contributed by atoms with E-state index in [1.165, 1.54) is 0 Å². The summed E-state index contributed by atoms with van der Waals surface area (Å²) in [5.41, 5.74) is 0.850. The Morgan fingerprint density at radius 1 is 1.50 bits per heavy atom. The topological polar surface area (TPSA) is 32.3 Å². The molecule has 2 N–H and O–H groups in total. The lowest BCUT2D eigenvalue weighted by atomic mass is 10.2. The summed E-state index contributed by atoms with van der Waals surface area (Å²) in [6.07, 6.45) is 3.23. The molecule has 0 radical (unpaired) electrons. The third-order valence-electron chi connectivity index (χ3n) is 2.47. The van der Waals surface area contributed by atoms with Crippen molar-refractivity contribution in [2.24, 2.45) is 0 Å². The van der Waals surface area contributed by atoms with E-state index in [1.54, 1.807) is 6.07 Å². The van der Waals surface area contributed by atoms with Crippen LogP contribution in [0.5, 0.6) is 5.75 Å². The summed E-state index contributed by atoms with van der Waals surface area (Å²) in [4.78, 5) is 0. The molecule has 0 saturated heterocycles. The van der Waals surface area contributed by atoms with Crippen molar-refractivity contribution in [2.45, 2.75) is 25.9 Å². The zero-order valence-corrected chi connectivity index (χ0v) is 11.2. The molecule has 0 aliphatic heterocycles. The molecule has 90 valence electrons. The van der Waals surface area contributed by atoms with Gasteiger partial charge in [-0.2, -0.15) is 11.8 Å². The number of thioether (sulfide) groups is 1. The van der Waals surface area contributed by atoms with Crippen molar-refractivity contribution in [1.29, 1.82) is 0 Å². The normalized spacial score (nSPS) is 12.7. The fourth-order valence-electron chi connectivity index (χ4n) is 1.38. The van der Waals surface area contributed by atoms with Crippen LogP contribution in [-0.2, 0) is 6.54 Å². The van der Waals surface area contributed by atoms with Crippen molar-refractivity contribution in [2.75, 3.05) is 12.0 Å². The molecule has 0 aliphatic carbocycles. The van der Waals surface area contributed by atoms with E-state index in [0.717, 1.165) is 17.7 Å². The SMILES string of the molecule is CSCCC(C)NCc1cccc(Cl)c1O. The van der Waals surface area contributed by atoms with Gasteiger partial charge in [0, 0.05) is 18.2 Å². The van der Waals surface area contributed by atoms with Crippen LogP contribution in [0.3, 0.4) is 0 Å². The second-order valence-electron chi connectivity index (χ2n) is 3.81. The van der Waals surface area contributed by atoms with E-state index in [2.05, 4.69) is 18.5 Å². The largest absolute Gasteiger partial charge is 0.506 e. The first-order valence-electron chi connectivity index (χ1n) is 5.33. The predicted octanol–water partition coefficient (Wildman–Crippen LogP) is 3.28. The minimum atomic E-state index is 0.189. The van der Waals surface area contributed by atoms with Crippen LogP contribution in [0.4, 0.5) is 0 Å². The second-order valence-corrected chi connectivity index (χ2v) is 5.20. The molecule has 0 fully saturated rings. The lowest BCUT2D eigenvalue weighted by molar-refractivity contribution is 0.458. The maximum atomic E-state index is 9.71. The number of phenolic OH excluding ortho intramolecular Hbond substituents is 1. The zero-order chi connectivity index (χ0) is 12.0. The number of para-hydroxylation sites is 1. The van der Waals surface area contributed by atoms with Crippen molar-refractivity contribution < 1.29 is 5.11 Å². The molecule has 2 nitrogen and oxygen atoms in total. The molecule has 0 heterocycles. The van der Waals surface area contributed by atoms with Gasteiger partial charge in [0.05, 0.1) is 5.02 Å². The molecule has 1 aromatic carbocycles. The van der Waals surface area contributed by atoms with E-state index in [9.17, 15) is 5.11 Å². The first-order chi connectivity index (χ1) is 7.65. The van der Waals surface area contributed by atoms with E-state index in [0.29, 0.717) is 17.6 Å². The summed E-state index contributed by atoms with van der Waals surface area (Å²) in [6.45, 7) is 2.81. The smallest absolute Gasteiger partial charge is 0.138 e. The lowest BCUT2D eigenvalue weighted by Gasteiger charge is -2.14. The number of halogens is 1. The minimum Gasteiger partial charge on any atom is -0.506 e. The van der Waals surface area contributed by atoms with Gasteiger partial charge >= 0.3 is 0 Å². The van der Waals surface area contributed by atoms with Crippen LogP contribution in [0.1, 0.15) is 18.9 Å². The van der Waals surface area contributed by atoms with Crippen molar-refractivity contribution in [3.05, 3.63) is 28.8 Å². The van der Waals surface area contributed by atoms with Gasteiger partial charge in [-0.15, -0.1) is 0 Å². The molecule has 0 spiro atoms. The molecular weight excluding hydrogens is 242 g/mol. The van der Waals surface area contributed by atoms with Crippen LogP contribution in [0, 0.1) is 0 Å². The van der Waals surface area contributed by atoms with Crippen LogP contribution in [0.15, 0.2) is 18.2 Å². The zero-order valence-electron chi connectivity index (χ0n) is 9.66. The minimum absolute atomic E-state index is 0.189. The summed E-state index contributed by atoms with van der Waals surface area (Å²) in [7, 11) is 0. The first kappa shape index (κ1) is 13.7. The van der Waals surface area contributed by atoms with Gasteiger partial charge < -0.3 is 10.4 Å². The van der Waals surface area contributed by atoms with Crippen LogP contribution < -0.4 is 5.32 Å². The lowest BCUT2D eigenvalue weighted by Crippen LogP contribution is -2.26. The Labute approximate surface area is 106 Å². The highest BCUT2D eigenvalue weighted by Gasteiger charge is 2.06. The van der Waals surface area contributed by atoms with E-state index >= 15 is 0 Å². The van der Waals surface area contributed by atoms with Gasteiger partial charge in [0.15, 0.2) is 0 Å². The maximum Gasteiger partial charge on any atom is 0.138 e. The average Bonchev–Trinajstić information content (AvgIpc) is 2.28. The van der Waals surface area contributed by atoms with Crippen molar-refractivity contribution in [3.63, 3.8) is 0 Å².